The third kappa shape index (κ3) is 3.76. The fourth-order valence-corrected chi connectivity index (χ4v) is 5.64. The van der Waals surface area contributed by atoms with E-state index in [0.717, 1.165) is 27.5 Å². The molecule has 0 saturated carbocycles. The van der Waals surface area contributed by atoms with Gasteiger partial charge in [0.15, 0.2) is 9.84 Å². The van der Waals surface area contributed by atoms with Gasteiger partial charge in [-0.3, -0.25) is 4.79 Å². The Hall–Kier alpha value is -3.65. The molecule has 3 heterocycles. The molecule has 0 spiro atoms. The van der Waals surface area contributed by atoms with Crippen molar-refractivity contribution in [3.8, 4) is 11.1 Å². The van der Waals surface area contributed by atoms with Gasteiger partial charge < -0.3 is 14.2 Å². The summed E-state index contributed by atoms with van der Waals surface area (Å²) in [4.78, 5) is 25.3. The van der Waals surface area contributed by atoms with E-state index in [-0.39, 0.29) is 17.7 Å². The van der Waals surface area contributed by atoms with Gasteiger partial charge in [-0.2, -0.15) is 0 Å². The van der Waals surface area contributed by atoms with Crippen molar-refractivity contribution in [3.63, 3.8) is 0 Å². The normalized spacial score (nSPS) is 17.1. The molecule has 7 nitrogen and oxygen atoms in total. The van der Waals surface area contributed by atoms with Crippen LogP contribution < -0.4 is 10.9 Å². The lowest BCUT2D eigenvalue weighted by Gasteiger charge is -2.12. The quantitative estimate of drug-likeness (QED) is 0.462. The number of aryl methyl sites for hydroxylation is 2. The molecular weight excluding hydrogens is 442 g/mol. The maximum Gasteiger partial charge on any atom is 0.340 e. The Morgan fingerprint density at radius 3 is 2.61 bits per heavy atom. The molecule has 1 N–H and O–H groups in total. The summed E-state index contributed by atoms with van der Waals surface area (Å²) in [6.45, 7) is 3.70. The molecule has 4 aromatic rings. The molecule has 0 fully saturated rings. The monoisotopic (exact) mass is 463 g/mol. The van der Waals surface area contributed by atoms with Gasteiger partial charge >= 0.3 is 5.63 Å². The van der Waals surface area contributed by atoms with E-state index in [1.807, 2.05) is 43.3 Å². The highest BCUT2D eigenvalue weighted by atomic mass is 32.2. The zero-order chi connectivity index (χ0) is 23.3. The Bertz CT molecular complexity index is 1610. The topological polar surface area (TPSA) is 107 Å². The molecule has 2 aromatic heterocycles. The van der Waals surface area contributed by atoms with Gasteiger partial charge in [-0.15, -0.1) is 0 Å². The highest BCUT2D eigenvalue weighted by molar-refractivity contribution is 7.94. The van der Waals surface area contributed by atoms with Crippen molar-refractivity contribution < 1.29 is 22.0 Å². The number of amides is 1. The van der Waals surface area contributed by atoms with E-state index >= 15 is 0 Å². The highest BCUT2D eigenvalue weighted by Crippen LogP contribution is 2.38. The number of nitrogens with one attached hydrogen (secondary N) is 1. The Balaban J connectivity index is 1.58. The molecule has 0 bridgehead atoms. The number of sulfone groups is 1. The van der Waals surface area contributed by atoms with Crippen LogP contribution in [0.1, 0.15) is 16.7 Å². The number of furan rings is 1. The van der Waals surface area contributed by atoms with Crippen molar-refractivity contribution in [2.75, 3.05) is 5.75 Å². The van der Waals surface area contributed by atoms with Gasteiger partial charge in [-0.1, -0.05) is 30.3 Å². The fraction of sp³-hybridized carbons (Fsp3) is 0.200. The van der Waals surface area contributed by atoms with Gasteiger partial charge in [0.1, 0.15) is 11.2 Å². The zero-order valence-corrected chi connectivity index (χ0v) is 18.9. The van der Waals surface area contributed by atoms with Crippen molar-refractivity contribution in [2.45, 2.75) is 26.3 Å². The average Bonchev–Trinajstić information content (AvgIpc) is 3.35. The van der Waals surface area contributed by atoms with Crippen molar-refractivity contribution >= 4 is 37.7 Å². The van der Waals surface area contributed by atoms with Gasteiger partial charge in [-0.25, -0.2) is 13.2 Å². The van der Waals surface area contributed by atoms with Gasteiger partial charge in [0.05, 0.1) is 35.4 Å². The number of fused-ring (bicyclic) bond motifs is 3. The van der Waals surface area contributed by atoms with Gasteiger partial charge in [-0.05, 0) is 42.7 Å². The van der Waals surface area contributed by atoms with E-state index in [2.05, 4.69) is 5.32 Å². The van der Waals surface area contributed by atoms with Gasteiger partial charge in [0.2, 0.25) is 5.91 Å². The predicted molar refractivity (Wildman–Crippen MR) is 126 cm³/mol. The highest BCUT2D eigenvalue weighted by Gasteiger charge is 2.25. The smallest absolute Gasteiger partial charge is 0.340 e. The second-order valence-electron chi connectivity index (χ2n) is 8.29. The number of carbonyl (C=O) groups is 1. The van der Waals surface area contributed by atoms with E-state index in [9.17, 15) is 18.0 Å². The summed E-state index contributed by atoms with van der Waals surface area (Å²) in [6, 6.07) is 11.1. The molecule has 5 rings (SSSR count). The number of hydrogen-bond donors (Lipinski definition) is 1. The summed E-state index contributed by atoms with van der Waals surface area (Å²) < 4.78 is 34.7. The van der Waals surface area contributed by atoms with Crippen molar-refractivity contribution in [1.29, 1.82) is 0 Å². The molecule has 168 valence electrons. The van der Waals surface area contributed by atoms with Crippen LogP contribution in [0.2, 0.25) is 0 Å². The lowest BCUT2D eigenvalue weighted by molar-refractivity contribution is -0.120. The number of carbonyl (C=O) groups excluding carboxylic acids is 1. The molecule has 1 aliphatic rings. The fourth-order valence-electron chi connectivity index (χ4n) is 4.41. The van der Waals surface area contributed by atoms with Crippen LogP contribution in [-0.2, 0) is 21.1 Å². The zero-order valence-electron chi connectivity index (χ0n) is 18.0. The average molecular weight is 464 g/mol. The summed E-state index contributed by atoms with van der Waals surface area (Å²) in [6.07, 6.45) is 2.90. The maximum absolute atomic E-state index is 12.7. The lowest BCUT2D eigenvalue weighted by Crippen LogP contribution is -2.37. The first-order valence-electron chi connectivity index (χ1n) is 10.5. The van der Waals surface area contributed by atoms with E-state index in [1.165, 1.54) is 6.08 Å². The standard InChI is InChI=1S/C25H21NO6S/c1-14-10-20-23(24-22(14)19(12-31-24)16-6-4-3-5-7-16)15(2)18(25(28)32-20)11-21(27)26-17-8-9-33(29,30)13-17/h3-10,12,17H,11,13H2,1-2H3,(H,26,27). The van der Waals surface area contributed by atoms with Gasteiger partial charge in [0, 0.05) is 16.4 Å². The molecule has 2 aromatic carbocycles. The number of hydrogen-bond acceptors (Lipinski definition) is 6. The molecule has 33 heavy (non-hydrogen) atoms. The summed E-state index contributed by atoms with van der Waals surface area (Å²) >= 11 is 0. The summed E-state index contributed by atoms with van der Waals surface area (Å²) in [7, 11) is -3.30. The van der Waals surface area contributed by atoms with Crippen molar-refractivity contribution in [3.05, 3.63) is 81.3 Å². The lowest BCUT2D eigenvalue weighted by atomic mass is 9.96. The molecule has 8 heteroatoms. The van der Waals surface area contributed by atoms with Crippen LogP contribution in [0.4, 0.5) is 0 Å². The number of benzene rings is 2. The Labute approximate surface area is 189 Å². The molecule has 1 amide bonds. The molecule has 0 aliphatic carbocycles. The van der Waals surface area contributed by atoms with Crippen LogP contribution in [-0.4, -0.2) is 26.1 Å². The summed E-state index contributed by atoms with van der Waals surface area (Å²) in [5.74, 6) is -0.636. The Kier molecular flexibility index (Phi) is 4.97. The van der Waals surface area contributed by atoms with E-state index in [1.54, 1.807) is 13.2 Å². The first-order valence-corrected chi connectivity index (χ1v) is 12.2. The third-order valence-electron chi connectivity index (χ3n) is 5.98. The van der Waals surface area contributed by atoms with Crippen molar-refractivity contribution in [2.24, 2.45) is 0 Å². The maximum atomic E-state index is 12.7. The summed E-state index contributed by atoms with van der Waals surface area (Å²) in [5.41, 5.74) is 4.06. The summed E-state index contributed by atoms with van der Waals surface area (Å²) in [5, 5.41) is 5.30. The number of rotatable bonds is 4. The molecule has 1 aliphatic heterocycles. The molecular formula is C25H21NO6S. The van der Waals surface area contributed by atoms with E-state index in [4.69, 9.17) is 8.83 Å². The van der Waals surface area contributed by atoms with Crippen LogP contribution in [0.5, 0.6) is 0 Å². The second-order valence-corrected chi connectivity index (χ2v) is 10.2. The van der Waals surface area contributed by atoms with Crippen LogP contribution in [0.3, 0.4) is 0 Å². The first-order chi connectivity index (χ1) is 15.7. The minimum Gasteiger partial charge on any atom is -0.463 e. The molecule has 0 radical (unpaired) electrons. The van der Waals surface area contributed by atoms with Crippen LogP contribution in [0, 0.1) is 13.8 Å². The van der Waals surface area contributed by atoms with Crippen molar-refractivity contribution in [1.82, 2.24) is 5.32 Å². The van der Waals surface area contributed by atoms with E-state index < -0.39 is 27.4 Å². The SMILES string of the molecule is Cc1cc2oc(=O)c(CC(=O)NC3C=CS(=O)(=O)C3)c(C)c2c2occ(-c3ccccc3)c12. The minimum atomic E-state index is -3.30. The minimum absolute atomic E-state index is 0.182. The molecule has 0 saturated heterocycles. The first kappa shape index (κ1) is 21.2. The van der Waals surface area contributed by atoms with E-state index in [0.29, 0.717) is 22.1 Å². The second kappa shape index (κ2) is 7.74. The predicted octanol–water partition coefficient (Wildman–Crippen LogP) is 3.79. The Morgan fingerprint density at radius 1 is 1.15 bits per heavy atom. The largest absolute Gasteiger partial charge is 0.463 e. The molecule has 1 unspecified atom stereocenters. The third-order valence-corrected chi connectivity index (χ3v) is 7.38. The van der Waals surface area contributed by atoms with Crippen LogP contribution in [0.25, 0.3) is 33.1 Å². The van der Waals surface area contributed by atoms with Gasteiger partial charge in [0.25, 0.3) is 0 Å². The van der Waals surface area contributed by atoms with Crippen LogP contribution in [0.15, 0.2) is 67.8 Å². The molecule has 1 atom stereocenters. The van der Waals surface area contributed by atoms with Crippen LogP contribution >= 0.6 is 0 Å². The Morgan fingerprint density at radius 2 is 1.91 bits per heavy atom.